The van der Waals surface area contributed by atoms with Gasteiger partial charge in [-0.25, -0.2) is 9.69 Å². The molecule has 0 atom stereocenters. The number of rotatable bonds is 7. The third-order valence-corrected chi connectivity index (χ3v) is 5.42. The van der Waals surface area contributed by atoms with Gasteiger partial charge in [-0.1, -0.05) is 44.2 Å². The Kier molecular flexibility index (Phi) is 6.73. The molecule has 1 aliphatic carbocycles. The van der Waals surface area contributed by atoms with Gasteiger partial charge in [-0.15, -0.1) is 0 Å². The number of esters is 1. The summed E-state index contributed by atoms with van der Waals surface area (Å²) in [6.45, 7) is 2.39. The third kappa shape index (κ3) is 4.38. The molecule has 1 fully saturated rings. The van der Waals surface area contributed by atoms with Crippen LogP contribution in [0.15, 0.2) is 35.0 Å². The van der Waals surface area contributed by atoms with Crippen LogP contribution in [0.5, 0.6) is 0 Å². The summed E-state index contributed by atoms with van der Waals surface area (Å²) in [4.78, 5) is 38.4. The van der Waals surface area contributed by atoms with E-state index in [0.29, 0.717) is 17.9 Å². The number of hydrogen-bond acceptors (Lipinski definition) is 5. The highest BCUT2D eigenvalue weighted by Crippen LogP contribution is 2.30. The van der Waals surface area contributed by atoms with Crippen molar-refractivity contribution >= 4 is 35.1 Å². The molecule has 0 spiro atoms. The van der Waals surface area contributed by atoms with Crippen LogP contribution >= 0.6 is 11.6 Å². The molecule has 2 amide bonds. The second-order valence-electron chi connectivity index (χ2n) is 7.15. The summed E-state index contributed by atoms with van der Waals surface area (Å²) in [5.74, 6) is -1.43. The second-order valence-corrected chi connectivity index (χ2v) is 7.53. The highest BCUT2D eigenvalue weighted by atomic mass is 35.5. The molecule has 0 unspecified atom stereocenters. The summed E-state index contributed by atoms with van der Waals surface area (Å²) < 4.78 is 5.17. The lowest BCUT2D eigenvalue weighted by atomic mass is 9.95. The van der Waals surface area contributed by atoms with Crippen molar-refractivity contribution in [2.45, 2.75) is 57.9 Å². The zero-order valence-electron chi connectivity index (χ0n) is 16.0. The van der Waals surface area contributed by atoms with E-state index in [1.54, 1.807) is 24.3 Å². The summed E-state index contributed by atoms with van der Waals surface area (Å²) in [6, 6.07) is 6.37. The van der Waals surface area contributed by atoms with Crippen LogP contribution in [0.3, 0.4) is 0 Å². The number of ether oxygens (including phenoxy) is 1. The zero-order valence-corrected chi connectivity index (χ0v) is 16.8. The predicted molar refractivity (Wildman–Crippen MR) is 107 cm³/mol. The Labute approximate surface area is 169 Å². The average molecular weight is 405 g/mol. The molecule has 1 aromatic carbocycles. The topological polar surface area (TPSA) is 75.7 Å². The van der Waals surface area contributed by atoms with Gasteiger partial charge in [0.05, 0.1) is 17.9 Å². The number of nitrogens with one attached hydrogen (secondary N) is 1. The number of amides is 2. The van der Waals surface area contributed by atoms with E-state index >= 15 is 0 Å². The quantitative estimate of drug-likeness (QED) is 0.424. The minimum Gasteiger partial charge on any atom is -0.462 e. The van der Waals surface area contributed by atoms with Crippen molar-refractivity contribution < 1.29 is 19.1 Å². The van der Waals surface area contributed by atoms with Gasteiger partial charge in [0.2, 0.25) is 0 Å². The van der Waals surface area contributed by atoms with Crippen LogP contribution in [0, 0.1) is 0 Å². The van der Waals surface area contributed by atoms with E-state index in [1.807, 2.05) is 6.92 Å². The van der Waals surface area contributed by atoms with Gasteiger partial charge in [-0.2, -0.15) is 0 Å². The van der Waals surface area contributed by atoms with Crippen molar-refractivity contribution in [3.63, 3.8) is 0 Å². The van der Waals surface area contributed by atoms with Crippen molar-refractivity contribution in [2.75, 3.05) is 11.5 Å². The van der Waals surface area contributed by atoms with Gasteiger partial charge >= 0.3 is 5.97 Å². The number of benzene rings is 1. The monoisotopic (exact) mass is 404 g/mol. The second kappa shape index (κ2) is 9.24. The molecule has 3 rings (SSSR count). The number of imide groups is 1. The van der Waals surface area contributed by atoms with Crippen molar-refractivity contribution in [3.05, 3.63) is 40.6 Å². The molecule has 0 radical (unpaired) electrons. The number of hydrogen-bond donors (Lipinski definition) is 1. The number of carbonyl (C=O) groups excluding carboxylic acids is 3. The Hall–Kier alpha value is -2.34. The van der Waals surface area contributed by atoms with Crippen LogP contribution in [0.2, 0.25) is 0 Å². The van der Waals surface area contributed by atoms with Crippen LogP contribution in [0.1, 0.15) is 62.2 Å². The van der Waals surface area contributed by atoms with Crippen molar-refractivity contribution in [1.82, 2.24) is 5.32 Å². The van der Waals surface area contributed by atoms with Gasteiger partial charge in [-0.05, 0) is 43.5 Å². The number of anilines is 1. The molecule has 1 saturated carbocycles. The van der Waals surface area contributed by atoms with Gasteiger partial charge in [0.25, 0.3) is 11.8 Å². The molecule has 0 saturated heterocycles. The van der Waals surface area contributed by atoms with Crippen LogP contribution in [0.25, 0.3) is 0 Å². The number of halogens is 1. The molecule has 2 aliphatic rings. The lowest BCUT2D eigenvalue weighted by Crippen LogP contribution is -2.37. The molecule has 1 aromatic rings. The van der Waals surface area contributed by atoms with Crippen LogP contribution < -0.4 is 10.2 Å². The molecule has 0 bridgehead atoms. The lowest BCUT2D eigenvalue weighted by Gasteiger charge is -2.24. The summed E-state index contributed by atoms with van der Waals surface area (Å²) in [6.07, 6.45) is 7.07. The van der Waals surface area contributed by atoms with Crippen LogP contribution in [-0.2, 0) is 14.3 Å². The largest absolute Gasteiger partial charge is 0.462 e. The third-order valence-electron chi connectivity index (χ3n) is 5.07. The highest BCUT2D eigenvalue weighted by molar-refractivity contribution is 6.52. The molecule has 28 heavy (non-hydrogen) atoms. The minimum atomic E-state index is -0.553. The van der Waals surface area contributed by atoms with Crippen molar-refractivity contribution in [2.24, 2.45) is 0 Å². The summed E-state index contributed by atoms with van der Waals surface area (Å²) in [5, 5.41) is 3.08. The van der Waals surface area contributed by atoms with E-state index in [-0.39, 0.29) is 16.8 Å². The van der Waals surface area contributed by atoms with E-state index < -0.39 is 17.8 Å². The lowest BCUT2D eigenvalue weighted by molar-refractivity contribution is -0.120. The smallest absolute Gasteiger partial charge is 0.338 e. The SMILES string of the molecule is CCCCOC(=O)c1ccc(N2C(=O)C(Cl)=C(NC3CCCCC3)C2=O)cc1. The van der Waals surface area contributed by atoms with Crippen LogP contribution in [0.4, 0.5) is 5.69 Å². The Morgan fingerprint density at radius 2 is 1.82 bits per heavy atom. The van der Waals surface area contributed by atoms with Crippen molar-refractivity contribution in [1.29, 1.82) is 0 Å². The van der Waals surface area contributed by atoms with Crippen LogP contribution in [-0.4, -0.2) is 30.4 Å². The molecule has 150 valence electrons. The number of carbonyl (C=O) groups is 3. The van der Waals surface area contributed by atoms with E-state index in [0.717, 1.165) is 43.4 Å². The Balaban J connectivity index is 1.69. The Morgan fingerprint density at radius 1 is 1.14 bits per heavy atom. The molecule has 1 heterocycles. The first kappa shape index (κ1) is 20.4. The van der Waals surface area contributed by atoms with Gasteiger partial charge in [0.1, 0.15) is 10.7 Å². The Bertz CT molecular complexity index is 782. The average Bonchev–Trinajstić information content (AvgIpc) is 2.92. The standard InChI is InChI=1S/C21H25ClN2O4/c1-2-3-13-28-21(27)14-9-11-16(12-10-14)24-19(25)17(22)18(20(24)26)23-15-7-5-4-6-8-15/h9-12,15,23H,2-8,13H2,1H3. The molecule has 1 N–H and O–H groups in total. The fourth-order valence-electron chi connectivity index (χ4n) is 3.45. The zero-order chi connectivity index (χ0) is 20.1. The fourth-order valence-corrected chi connectivity index (χ4v) is 3.67. The first-order valence-electron chi connectivity index (χ1n) is 9.85. The molecule has 6 nitrogen and oxygen atoms in total. The molecular weight excluding hydrogens is 380 g/mol. The van der Waals surface area contributed by atoms with Gasteiger partial charge in [0.15, 0.2) is 0 Å². The highest BCUT2D eigenvalue weighted by Gasteiger charge is 2.39. The summed E-state index contributed by atoms with van der Waals surface area (Å²) >= 11 is 6.17. The molecular formula is C21H25ClN2O4. The number of nitrogens with zero attached hydrogens (tertiary/aromatic N) is 1. The summed E-state index contributed by atoms with van der Waals surface area (Å²) in [7, 11) is 0. The fraction of sp³-hybridized carbons (Fsp3) is 0.476. The Morgan fingerprint density at radius 3 is 2.46 bits per heavy atom. The normalized spacial score (nSPS) is 18.0. The maximum atomic E-state index is 12.8. The molecule has 0 aromatic heterocycles. The van der Waals surface area contributed by atoms with E-state index in [9.17, 15) is 14.4 Å². The first-order valence-corrected chi connectivity index (χ1v) is 10.2. The minimum absolute atomic E-state index is 0.0846. The molecule has 7 heteroatoms. The van der Waals surface area contributed by atoms with E-state index in [1.165, 1.54) is 6.42 Å². The maximum absolute atomic E-state index is 12.8. The first-order chi connectivity index (χ1) is 13.5. The van der Waals surface area contributed by atoms with Crippen molar-refractivity contribution in [3.8, 4) is 0 Å². The predicted octanol–water partition coefficient (Wildman–Crippen LogP) is 3.89. The van der Waals surface area contributed by atoms with Gasteiger partial charge < -0.3 is 10.1 Å². The summed E-state index contributed by atoms with van der Waals surface area (Å²) in [5.41, 5.74) is 0.916. The molecule has 1 aliphatic heterocycles. The maximum Gasteiger partial charge on any atom is 0.338 e. The van der Waals surface area contributed by atoms with E-state index in [4.69, 9.17) is 16.3 Å². The van der Waals surface area contributed by atoms with E-state index in [2.05, 4.69) is 5.32 Å². The van der Waals surface area contributed by atoms with Gasteiger partial charge in [-0.3, -0.25) is 9.59 Å². The number of unbranched alkanes of at least 4 members (excludes halogenated alkanes) is 1. The van der Waals surface area contributed by atoms with Gasteiger partial charge in [0, 0.05) is 6.04 Å².